The van der Waals surface area contributed by atoms with Gasteiger partial charge < -0.3 is 14.8 Å². The van der Waals surface area contributed by atoms with Gasteiger partial charge in [0.05, 0.1) is 18.2 Å². The van der Waals surface area contributed by atoms with Crippen LogP contribution in [0.5, 0.6) is 5.75 Å². The van der Waals surface area contributed by atoms with Crippen molar-refractivity contribution in [3.05, 3.63) is 101 Å². The molecule has 0 radical (unpaired) electrons. The summed E-state index contributed by atoms with van der Waals surface area (Å²) < 4.78 is 47.2. The van der Waals surface area contributed by atoms with E-state index < -0.39 is 39.5 Å². The highest BCUT2D eigenvalue weighted by atomic mass is 32.2. The number of rotatable bonds is 9. The molecule has 4 rings (SSSR count). The highest BCUT2D eigenvalue weighted by Crippen LogP contribution is 2.38. The van der Waals surface area contributed by atoms with E-state index in [4.69, 9.17) is 9.47 Å². The van der Waals surface area contributed by atoms with Crippen LogP contribution in [0.3, 0.4) is 0 Å². The molecule has 3 amide bonds. The molecule has 3 aromatic rings. The normalized spacial score (nSPS) is 16.8. The molecule has 40 heavy (non-hydrogen) atoms. The molecule has 3 aromatic carbocycles. The maximum atomic E-state index is 13.2. The number of thioether (sulfide) groups is 1. The predicted molar refractivity (Wildman–Crippen MR) is 139 cm³/mol. The van der Waals surface area contributed by atoms with E-state index >= 15 is 0 Å². The molecule has 1 heterocycles. The van der Waals surface area contributed by atoms with Crippen molar-refractivity contribution < 1.29 is 41.8 Å². The quantitative estimate of drug-likeness (QED) is 0.284. The topological polar surface area (TPSA) is 111 Å². The van der Waals surface area contributed by atoms with Crippen LogP contribution in [0.15, 0.2) is 72.8 Å². The molecule has 1 atom stereocenters. The fraction of sp³-hybridized carbons (Fsp3) is 0.214. The molecule has 0 spiro atoms. The van der Waals surface area contributed by atoms with Crippen LogP contribution in [0.4, 0.5) is 18.0 Å². The molecule has 0 saturated carbocycles. The third kappa shape index (κ3) is 6.45. The van der Waals surface area contributed by atoms with Gasteiger partial charge in [-0.25, -0.2) is 4.79 Å². The number of ether oxygens (including phenoxy) is 2. The monoisotopic (exact) mass is 572 g/mol. The summed E-state index contributed by atoms with van der Waals surface area (Å²) in [6.07, 6.45) is -4.73. The van der Waals surface area contributed by atoms with E-state index in [1.807, 2.05) is 0 Å². The van der Waals surface area contributed by atoms with Crippen LogP contribution in [0.2, 0.25) is 0 Å². The molecule has 2 N–H and O–H groups in total. The van der Waals surface area contributed by atoms with Gasteiger partial charge in [-0.05, 0) is 52.7 Å². The molecular weight excluding hydrogens is 549 g/mol. The van der Waals surface area contributed by atoms with Gasteiger partial charge in [-0.15, -0.1) is 0 Å². The molecule has 8 nitrogen and oxygen atoms in total. The summed E-state index contributed by atoms with van der Waals surface area (Å²) in [4.78, 5) is 51.1. The van der Waals surface area contributed by atoms with Crippen molar-refractivity contribution in [2.24, 2.45) is 0 Å². The smallest absolute Gasteiger partial charge is 0.416 e. The average molecular weight is 573 g/mol. The zero-order chi connectivity index (χ0) is 28.9. The Morgan fingerprint density at radius 3 is 2.23 bits per heavy atom. The summed E-state index contributed by atoms with van der Waals surface area (Å²) in [5.41, 5.74) is 0.760. The van der Waals surface area contributed by atoms with E-state index in [1.54, 1.807) is 36.4 Å². The Morgan fingerprint density at radius 1 is 0.950 bits per heavy atom. The number of halogens is 3. The number of methoxy groups -OCH3 is 1. The Balaban J connectivity index is 1.52. The van der Waals surface area contributed by atoms with Gasteiger partial charge in [-0.3, -0.25) is 19.7 Å². The summed E-state index contributed by atoms with van der Waals surface area (Å²) in [6, 6.07) is 17.6. The maximum Gasteiger partial charge on any atom is 0.416 e. The first-order valence-electron chi connectivity index (χ1n) is 11.9. The van der Waals surface area contributed by atoms with Gasteiger partial charge in [0.25, 0.3) is 17.1 Å². The first kappa shape index (κ1) is 28.7. The van der Waals surface area contributed by atoms with Crippen molar-refractivity contribution in [1.82, 2.24) is 10.6 Å². The molecule has 1 aliphatic rings. The Hall–Kier alpha value is -4.32. The van der Waals surface area contributed by atoms with Crippen molar-refractivity contribution in [2.45, 2.75) is 30.5 Å². The standard InChI is InChI=1S/C28H23F3N2O6S/c1-38-22-12-9-19(13-21(22)23(34)32-15-17-7-10-20(11-8-17)28(29,30)31)14-27(24(35)33-26(37)40-27)25(36)39-16-18-5-3-2-4-6-18/h2-13H,14-16H2,1H3,(H,32,34)(H,33,35,37)/t27-/m0/s1. The highest BCUT2D eigenvalue weighted by molar-refractivity contribution is 8.16. The highest BCUT2D eigenvalue weighted by Gasteiger charge is 2.55. The van der Waals surface area contributed by atoms with E-state index in [-0.39, 0.29) is 30.9 Å². The van der Waals surface area contributed by atoms with E-state index in [0.29, 0.717) is 28.5 Å². The lowest BCUT2D eigenvalue weighted by Crippen LogP contribution is -2.46. The van der Waals surface area contributed by atoms with Crippen molar-refractivity contribution in [2.75, 3.05) is 7.11 Å². The largest absolute Gasteiger partial charge is 0.496 e. The lowest BCUT2D eigenvalue weighted by molar-refractivity contribution is -0.150. The second-order valence-corrected chi connectivity index (χ2v) is 10.1. The number of hydrogen-bond donors (Lipinski definition) is 2. The first-order valence-corrected chi connectivity index (χ1v) is 12.7. The summed E-state index contributed by atoms with van der Waals surface area (Å²) in [6.45, 7) is -0.170. The number of nitrogens with one attached hydrogen (secondary N) is 2. The lowest BCUT2D eigenvalue weighted by atomic mass is 9.95. The van der Waals surface area contributed by atoms with Gasteiger partial charge in [-0.2, -0.15) is 13.2 Å². The first-order chi connectivity index (χ1) is 19.0. The Morgan fingerprint density at radius 2 is 1.62 bits per heavy atom. The Labute approximate surface area is 231 Å². The zero-order valence-corrected chi connectivity index (χ0v) is 21.9. The van der Waals surface area contributed by atoms with Crippen LogP contribution in [0.25, 0.3) is 0 Å². The minimum atomic E-state index is -4.47. The number of benzene rings is 3. The molecule has 1 fully saturated rings. The fourth-order valence-electron chi connectivity index (χ4n) is 4.01. The van der Waals surface area contributed by atoms with Crippen molar-refractivity contribution >= 4 is 34.8 Å². The van der Waals surface area contributed by atoms with Crippen LogP contribution in [-0.2, 0) is 40.1 Å². The lowest BCUT2D eigenvalue weighted by Gasteiger charge is -2.23. The predicted octanol–water partition coefficient (Wildman–Crippen LogP) is 4.65. The average Bonchev–Trinajstić information content (AvgIpc) is 3.23. The number of carbonyl (C=O) groups is 4. The van der Waals surface area contributed by atoms with Crippen LogP contribution in [0, 0.1) is 0 Å². The van der Waals surface area contributed by atoms with Crippen molar-refractivity contribution in [3.8, 4) is 5.75 Å². The Bertz CT molecular complexity index is 1430. The second kappa shape index (κ2) is 11.8. The van der Waals surface area contributed by atoms with E-state index in [2.05, 4.69) is 10.6 Å². The molecule has 0 unspecified atom stereocenters. The number of hydrogen-bond acceptors (Lipinski definition) is 7. The summed E-state index contributed by atoms with van der Waals surface area (Å²) in [5.74, 6) is -2.15. The molecule has 208 valence electrons. The van der Waals surface area contributed by atoms with Gasteiger partial charge in [0.15, 0.2) is 0 Å². The number of imide groups is 1. The van der Waals surface area contributed by atoms with Gasteiger partial charge >= 0.3 is 12.1 Å². The van der Waals surface area contributed by atoms with E-state index in [1.165, 1.54) is 31.4 Å². The number of carbonyl (C=O) groups excluding carboxylic acids is 4. The van der Waals surface area contributed by atoms with Crippen LogP contribution < -0.4 is 15.4 Å². The van der Waals surface area contributed by atoms with E-state index in [9.17, 15) is 32.3 Å². The number of amides is 3. The fourth-order valence-corrected chi connectivity index (χ4v) is 4.99. The summed E-state index contributed by atoms with van der Waals surface area (Å²) in [7, 11) is 1.35. The van der Waals surface area contributed by atoms with Crippen LogP contribution in [0.1, 0.15) is 32.6 Å². The van der Waals surface area contributed by atoms with Gasteiger partial charge in [0, 0.05) is 13.0 Å². The van der Waals surface area contributed by atoms with Crippen LogP contribution >= 0.6 is 11.8 Å². The number of esters is 1. The second-order valence-electron chi connectivity index (χ2n) is 8.82. The van der Waals surface area contributed by atoms with Gasteiger partial charge in [0.2, 0.25) is 4.75 Å². The Kier molecular flexibility index (Phi) is 8.48. The molecule has 1 saturated heterocycles. The minimum absolute atomic E-state index is 0.0626. The summed E-state index contributed by atoms with van der Waals surface area (Å²) in [5, 5.41) is 4.05. The molecule has 0 aromatic heterocycles. The molecule has 1 aliphatic heterocycles. The molecular formula is C28H23F3N2O6S. The van der Waals surface area contributed by atoms with Gasteiger partial charge in [-0.1, -0.05) is 48.5 Å². The third-order valence-corrected chi connectivity index (χ3v) is 7.22. The molecule has 0 bridgehead atoms. The molecule has 12 heteroatoms. The zero-order valence-electron chi connectivity index (χ0n) is 21.0. The third-order valence-electron chi connectivity index (χ3n) is 6.09. The van der Waals surface area contributed by atoms with E-state index in [0.717, 1.165) is 12.1 Å². The van der Waals surface area contributed by atoms with Crippen LogP contribution in [-0.4, -0.2) is 34.9 Å². The number of alkyl halides is 3. The van der Waals surface area contributed by atoms with Crippen molar-refractivity contribution in [1.29, 1.82) is 0 Å². The maximum absolute atomic E-state index is 13.2. The van der Waals surface area contributed by atoms with Crippen molar-refractivity contribution in [3.63, 3.8) is 0 Å². The molecule has 0 aliphatic carbocycles. The van der Waals surface area contributed by atoms with Gasteiger partial charge in [0.1, 0.15) is 12.4 Å². The minimum Gasteiger partial charge on any atom is -0.496 e. The SMILES string of the molecule is COc1ccc(C[C@]2(C(=O)OCc3ccccc3)SC(=O)NC2=O)cc1C(=O)NCc1ccc(C(F)(F)F)cc1. The summed E-state index contributed by atoms with van der Waals surface area (Å²) >= 11 is 0.508.